The molecule has 88 valence electrons. The molecule has 2 aromatic rings. The normalized spacial score (nSPS) is 10.4. The molecule has 0 radical (unpaired) electrons. The number of carbonyl (C=O) groups excluding carboxylic acids is 1. The van der Waals surface area contributed by atoms with Crippen molar-refractivity contribution in [3.63, 3.8) is 0 Å². The second kappa shape index (κ2) is 4.82. The maximum atomic E-state index is 11.9. The van der Waals surface area contributed by atoms with Crippen LogP contribution in [0.3, 0.4) is 0 Å². The topological polar surface area (TPSA) is 46.4 Å². The molecule has 0 saturated carbocycles. The second-order valence-electron chi connectivity index (χ2n) is 3.68. The van der Waals surface area contributed by atoms with Crippen LogP contribution < -0.4 is 5.32 Å². The number of hydrogen-bond donors (Lipinski definition) is 1. The molecule has 4 nitrogen and oxygen atoms in total. The summed E-state index contributed by atoms with van der Waals surface area (Å²) in [5, 5.41) is 2.75. The van der Waals surface area contributed by atoms with Crippen molar-refractivity contribution >= 4 is 11.4 Å². The van der Waals surface area contributed by atoms with Gasteiger partial charge in [0.15, 0.2) is 5.69 Å². The van der Waals surface area contributed by atoms with E-state index < -0.39 is 0 Å². The van der Waals surface area contributed by atoms with E-state index in [1.165, 1.54) is 0 Å². The lowest BCUT2D eigenvalue weighted by atomic mass is 10.3. The number of rotatable bonds is 4. The van der Waals surface area contributed by atoms with Crippen LogP contribution in [0, 0.1) is 0 Å². The van der Waals surface area contributed by atoms with E-state index in [-0.39, 0.29) is 5.91 Å². The zero-order chi connectivity index (χ0) is 12.3. The van der Waals surface area contributed by atoms with Crippen LogP contribution in [0.25, 0.3) is 5.52 Å². The van der Waals surface area contributed by atoms with Gasteiger partial charge in [-0.05, 0) is 12.1 Å². The highest BCUT2D eigenvalue weighted by molar-refractivity contribution is 5.99. The van der Waals surface area contributed by atoms with Gasteiger partial charge >= 0.3 is 0 Å². The number of imidazole rings is 1. The number of amides is 1. The van der Waals surface area contributed by atoms with Crippen LogP contribution in [0.1, 0.15) is 23.2 Å². The minimum Gasteiger partial charge on any atom is -0.347 e. The highest BCUT2D eigenvalue weighted by Crippen LogP contribution is 2.13. The van der Waals surface area contributed by atoms with E-state index in [9.17, 15) is 4.79 Å². The van der Waals surface area contributed by atoms with E-state index >= 15 is 0 Å². The summed E-state index contributed by atoms with van der Waals surface area (Å²) < 4.78 is 1.95. The molecule has 0 aliphatic heterocycles. The number of pyridine rings is 1. The van der Waals surface area contributed by atoms with Gasteiger partial charge in [-0.3, -0.25) is 4.79 Å². The highest BCUT2D eigenvalue weighted by atomic mass is 16.1. The number of aromatic nitrogens is 2. The zero-order valence-electron chi connectivity index (χ0n) is 9.81. The molecule has 0 spiro atoms. The van der Waals surface area contributed by atoms with E-state index in [4.69, 9.17) is 0 Å². The zero-order valence-corrected chi connectivity index (χ0v) is 9.81. The Labute approximate surface area is 100.0 Å². The lowest BCUT2D eigenvalue weighted by Gasteiger charge is -1.99. The summed E-state index contributed by atoms with van der Waals surface area (Å²) in [6.07, 6.45) is 4.36. The Bertz CT molecular complexity index is 557. The molecular formula is C13H15N3O. The monoisotopic (exact) mass is 229 g/mol. The summed E-state index contributed by atoms with van der Waals surface area (Å²) in [5.74, 6) is 0.734. The van der Waals surface area contributed by atoms with Gasteiger partial charge in [0.25, 0.3) is 5.91 Å². The SMILES string of the molecule is C=CCNC(=O)c1nc(CC)n2ccccc12. The number of fused-ring (bicyclic) bond motifs is 1. The van der Waals surface area contributed by atoms with Crippen molar-refractivity contribution in [2.75, 3.05) is 6.54 Å². The summed E-state index contributed by atoms with van der Waals surface area (Å²) in [6.45, 7) is 6.04. The first-order chi connectivity index (χ1) is 8.27. The van der Waals surface area contributed by atoms with Crippen molar-refractivity contribution in [1.29, 1.82) is 0 Å². The third-order valence-electron chi connectivity index (χ3n) is 2.56. The molecule has 2 heterocycles. The first-order valence-electron chi connectivity index (χ1n) is 5.63. The van der Waals surface area contributed by atoms with Crippen molar-refractivity contribution in [3.8, 4) is 0 Å². The molecule has 0 unspecified atom stereocenters. The first kappa shape index (κ1) is 11.4. The van der Waals surface area contributed by atoms with Crippen LogP contribution in [-0.2, 0) is 6.42 Å². The Hall–Kier alpha value is -2.10. The first-order valence-corrected chi connectivity index (χ1v) is 5.63. The van der Waals surface area contributed by atoms with Gasteiger partial charge in [0.2, 0.25) is 0 Å². The second-order valence-corrected chi connectivity index (χ2v) is 3.68. The molecule has 1 N–H and O–H groups in total. The largest absolute Gasteiger partial charge is 0.347 e. The van der Waals surface area contributed by atoms with E-state index in [1.54, 1.807) is 6.08 Å². The Morgan fingerprint density at radius 3 is 3.12 bits per heavy atom. The van der Waals surface area contributed by atoms with Crippen molar-refractivity contribution in [2.24, 2.45) is 0 Å². The lowest BCUT2D eigenvalue weighted by molar-refractivity contribution is 0.0955. The third-order valence-corrected chi connectivity index (χ3v) is 2.56. The van der Waals surface area contributed by atoms with Crippen LogP contribution in [0.15, 0.2) is 37.1 Å². The quantitative estimate of drug-likeness (QED) is 0.813. The average Bonchev–Trinajstić information content (AvgIpc) is 2.75. The van der Waals surface area contributed by atoms with Crippen LogP contribution in [-0.4, -0.2) is 21.8 Å². The van der Waals surface area contributed by atoms with E-state index in [0.717, 1.165) is 17.8 Å². The van der Waals surface area contributed by atoms with Gasteiger partial charge in [0.1, 0.15) is 5.82 Å². The summed E-state index contributed by atoms with van der Waals surface area (Å²) in [4.78, 5) is 16.3. The maximum Gasteiger partial charge on any atom is 0.272 e. The number of carbonyl (C=O) groups is 1. The van der Waals surface area contributed by atoms with E-state index in [2.05, 4.69) is 16.9 Å². The van der Waals surface area contributed by atoms with Gasteiger partial charge in [0, 0.05) is 19.2 Å². The van der Waals surface area contributed by atoms with Gasteiger partial charge in [0.05, 0.1) is 5.52 Å². The molecule has 0 aromatic carbocycles. The van der Waals surface area contributed by atoms with Crippen LogP contribution in [0.2, 0.25) is 0 Å². The summed E-state index contributed by atoms with van der Waals surface area (Å²) in [6, 6.07) is 5.73. The standard InChI is InChI=1S/C13H15N3O/c1-3-8-14-13(17)12-10-7-5-6-9-16(10)11(4-2)15-12/h3,5-7,9H,1,4,8H2,2H3,(H,14,17). The Balaban J connectivity index is 2.46. The van der Waals surface area contributed by atoms with Crippen LogP contribution in [0.4, 0.5) is 0 Å². The average molecular weight is 229 g/mol. The van der Waals surface area contributed by atoms with Crippen molar-refractivity contribution in [3.05, 3.63) is 48.6 Å². The van der Waals surface area contributed by atoms with Crippen LogP contribution >= 0.6 is 0 Å². The van der Waals surface area contributed by atoms with E-state index in [1.807, 2.05) is 35.7 Å². The van der Waals surface area contributed by atoms with Gasteiger partial charge in [-0.1, -0.05) is 19.1 Å². The fraction of sp³-hybridized carbons (Fsp3) is 0.231. The number of nitrogens with zero attached hydrogens (tertiary/aromatic N) is 2. The fourth-order valence-corrected chi connectivity index (χ4v) is 1.77. The minimum atomic E-state index is -0.159. The highest BCUT2D eigenvalue weighted by Gasteiger charge is 2.15. The summed E-state index contributed by atoms with van der Waals surface area (Å²) >= 11 is 0. The number of hydrogen-bond acceptors (Lipinski definition) is 2. The van der Waals surface area contributed by atoms with Crippen molar-refractivity contribution in [2.45, 2.75) is 13.3 Å². The van der Waals surface area contributed by atoms with Crippen molar-refractivity contribution in [1.82, 2.24) is 14.7 Å². The van der Waals surface area contributed by atoms with Gasteiger partial charge in [-0.25, -0.2) is 4.98 Å². The van der Waals surface area contributed by atoms with Crippen molar-refractivity contribution < 1.29 is 4.79 Å². The molecule has 2 aromatic heterocycles. The summed E-state index contributed by atoms with van der Waals surface area (Å²) in [5.41, 5.74) is 1.32. The molecule has 4 heteroatoms. The predicted molar refractivity (Wildman–Crippen MR) is 67.1 cm³/mol. The molecule has 1 amide bonds. The molecule has 0 aliphatic rings. The molecule has 0 saturated heterocycles. The molecule has 0 fully saturated rings. The lowest BCUT2D eigenvalue weighted by Crippen LogP contribution is -2.23. The smallest absolute Gasteiger partial charge is 0.272 e. The fourth-order valence-electron chi connectivity index (χ4n) is 1.77. The predicted octanol–water partition coefficient (Wildman–Crippen LogP) is 1.81. The molecule has 0 bridgehead atoms. The minimum absolute atomic E-state index is 0.159. The van der Waals surface area contributed by atoms with Gasteiger partial charge < -0.3 is 9.72 Å². The Kier molecular flexibility index (Phi) is 3.23. The van der Waals surface area contributed by atoms with Crippen LogP contribution in [0.5, 0.6) is 0 Å². The number of aryl methyl sites for hydroxylation is 1. The molecule has 0 atom stereocenters. The molecule has 17 heavy (non-hydrogen) atoms. The molecule has 0 aliphatic carbocycles. The Morgan fingerprint density at radius 1 is 1.59 bits per heavy atom. The number of nitrogens with one attached hydrogen (secondary N) is 1. The Morgan fingerprint density at radius 2 is 2.41 bits per heavy atom. The van der Waals surface area contributed by atoms with E-state index in [0.29, 0.717) is 12.2 Å². The summed E-state index contributed by atoms with van der Waals surface area (Å²) in [7, 11) is 0. The molecule has 2 rings (SSSR count). The molecular weight excluding hydrogens is 214 g/mol. The third kappa shape index (κ3) is 2.06. The van der Waals surface area contributed by atoms with Gasteiger partial charge in [-0.2, -0.15) is 0 Å². The van der Waals surface area contributed by atoms with Gasteiger partial charge in [-0.15, -0.1) is 6.58 Å². The maximum absolute atomic E-state index is 11.9.